The van der Waals surface area contributed by atoms with Crippen LogP contribution in [-0.4, -0.2) is 23.5 Å². The first-order valence-corrected chi connectivity index (χ1v) is 6.69. The average molecular weight is 271 g/mol. The summed E-state index contributed by atoms with van der Waals surface area (Å²) in [5.41, 5.74) is 0.433. The highest BCUT2D eigenvalue weighted by atomic mass is 32.2. The number of aromatic amines is 1. The minimum atomic E-state index is -3.63. The maximum atomic E-state index is 11.9. The molecule has 0 radical (unpaired) electrons. The summed E-state index contributed by atoms with van der Waals surface area (Å²) in [4.78, 5) is 6.61. The molecule has 0 saturated carbocycles. The number of aromatic nitrogens is 2. The van der Waals surface area contributed by atoms with Crippen LogP contribution >= 0.6 is 0 Å². The Morgan fingerprint density at radius 2 is 2.33 bits per heavy atom. The molecular weight excluding hydrogens is 258 g/mol. The molecule has 0 aliphatic rings. The molecule has 0 atom stereocenters. The first-order valence-electron chi connectivity index (χ1n) is 5.20. The number of rotatable bonds is 5. The highest BCUT2D eigenvalue weighted by molar-refractivity contribution is 7.89. The first kappa shape index (κ1) is 12.8. The second kappa shape index (κ2) is 4.92. The van der Waals surface area contributed by atoms with Gasteiger partial charge in [0.05, 0.1) is 24.2 Å². The van der Waals surface area contributed by atoms with E-state index in [1.807, 2.05) is 0 Å². The Bertz CT molecular complexity index is 629. The number of aliphatic hydroxyl groups is 1. The number of aliphatic hydroxyl groups excluding tert-OH is 1. The van der Waals surface area contributed by atoms with Crippen molar-refractivity contribution < 1.29 is 17.9 Å². The lowest BCUT2D eigenvalue weighted by Crippen LogP contribution is -2.22. The van der Waals surface area contributed by atoms with Crippen LogP contribution in [0.25, 0.3) is 0 Å². The Hall–Kier alpha value is -1.64. The molecule has 0 bridgehead atoms. The average Bonchev–Trinajstić information content (AvgIpc) is 2.95. The quantitative estimate of drug-likeness (QED) is 0.724. The van der Waals surface area contributed by atoms with E-state index in [1.54, 1.807) is 6.92 Å². The third kappa shape index (κ3) is 2.78. The van der Waals surface area contributed by atoms with E-state index in [1.165, 1.54) is 18.5 Å². The molecule has 0 fully saturated rings. The van der Waals surface area contributed by atoms with E-state index in [0.717, 1.165) is 0 Å². The van der Waals surface area contributed by atoms with Crippen LogP contribution in [0.5, 0.6) is 0 Å². The summed E-state index contributed by atoms with van der Waals surface area (Å²) in [5.74, 6) is 0.919. The van der Waals surface area contributed by atoms with Gasteiger partial charge in [-0.25, -0.2) is 18.1 Å². The molecule has 0 aromatic carbocycles. The van der Waals surface area contributed by atoms with Crippen molar-refractivity contribution in [3.8, 4) is 0 Å². The Morgan fingerprint density at radius 1 is 1.56 bits per heavy atom. The molecule has 0 spiro atoms. The summed E-state index contributed by atoms with van der Waals surface area (Å²) in [6.07, 6.45) is 2.83. The number of nitrogens with one attached hydrogen (secondary N) is 2. The van der Waals surface area contributed by atoms with Crippen LogP contribution in [0, 0.1) is 6.92 Å². The Labute approximate surface area is 104 Å². The largest absolute Gasteiger partial charge is 0.445 e. The predicted molar refractivity (Wildman–Crippen MR) is 62.0 cm³/mol. The zero-order valence-corrected chi connectivity index (χ0v) is 10.5. The molecule has 2 heterocycles. The van der Waals surface area contributed by atoms with Crippen molar-refractivity contribution in [2.24, 2.45) is 0 Å². The van der Waals surface area contributed by atoms with Gasteiger partial charge in [0, 0.05) is 11.9 Å². The number of sulfonamides is 1. The third-order valence-electron chi connectivity index (χ3n) is 2.28. The van der Waals surface area contributed by atoms with Gasteiger partial charge in [0.2, 0.25) is 15.9 Å². The number of oxazole rings is 1. The molecule has 0 aliphatic carbocycles. The molecule has 0 aliphatic heterocycles. The lowest BCUT2D eigenvalue weighted by atomic mass is 10.5. The summed E-state index contributed by atoms with van der Waals surface area (Å²) < 4.78 is 31.2. The molecular formula is C10H13N3O4S. The van der Waals surface area contributed by atoms with E-state index in [9.17, 15) is 8.42 Å². The molecule has 0 unspecified atom stereocenters. The second-order valence-electron chi connectivity index (χ2n) is 3.71. The van der Waals surface area contributed by atoms with E-state index in [0.29, 0.717) is 17.3 Å². The highest BCUT2D eigenvalue weighted by Gasteiger charge is 2.16. The van der Waals surface area contributed by atoms with Crippen molar-refractivity contribution >= 4 is 10.0 Å². The molecule has 0 amide bonds. The SMILES string of the molecule is Cc1cnc(CNS(=O)(=O)c2c[nH]c(CO)c2)o1. The van der Waals surface area contributed by atoms with Gasteiger partial charge in [0.1, 0.15) is 5.76 Å². The lowest BCUT2D eigenvalue weighted by molar-refractivity contribution is 0.277. The molecule has 18 heavy (non-hydrogen) atoms. The molecule has 2 aromatic rings. The molecule has 2 rings (SSSR count). The lowest BCUT2D eigenvalue weighted by Gasteiger charge is -2.01. The summed E-state index contributed by atoms with van der Waals surface area (Å²) in [7, 11) is -3.63. The van der Waals surface area contributed by atoms with Gasteiger partial charge in [-0.15, -0.1) is 0 Å². The van der Waals surface area contributed by atoms with Gasteiger partial charge >= 0.3 is 0 Å². The molecule has 8 heteroatoms. The maximum Gasteiger partial charge on any atom is 0.242 e. The van der Waals surface area contributed by atoms with E-state index in [2.05, 4.69) is 14.7 Å². The van der Waals surface area contributed by atoms with Crippen molar-refractivity contribution in [2.75, 3.05) is 0 Å². The minimum absolute atomic E-state index is 0.0180. The van der Waals surface area contributed by atoms with E-state index < -0.39 is 10.0 Å². The van der Waals surface area contributed by atoms with Gasteiger partial charge in [-0.3, -0.25) is 0 Å². The monoisotopic (exact) mass is 271 g/mol. The molecule has 0 saturated heterocycles. The standard InChI is InChI=1S/C10H13N3O4S/c1-7-3-12-10(17-7)5-13-18(15,16)9-2-8(6-14)11-4-9/h2-4,11,13-14H,5-6H2,1H3. The number of H-pyrrole nitrogens is 1. The molecule has 7 nitrogen and oxygen atoms in total. The molecule has 3 N–H and O–H groups in total. The number of nitrogens with zero attached hydrogens (tertiary/aromatic N) is 1. The van der Waals surface area contributed by atoms with Crippen LogP contribution in [0.2, 0.25) is 0 Å². The van der Waals surface area contributed by atoms with Crippen LogP contribution in [0.1, 0.15) is 17.3 Å². The number of hydrogen-bond acceptors (Lipinski definition) is 5. The Morgan fingerprint density at radius 3 is 2.89 bits per heavy atom. The predicted octanol–water partition coefficient (Wildman–Crippen LogP) is 0.282. The fourth-order valence-corrected chi connectivity index (χ4v) is 2.38. The van der Waals surface area contributed by atoms with Gasteiger partial charge in [-0.05, 0) is 13.0 Å². The first-order chi connectivity index (χ1) is 8.51. The summed E-state index contributed by atoms with van der Waals surface area (Å²) in [5, 5.41) is 8.86. The van der Waals surface area contributed by atoms with E-state index in [-0.39, 0.29) is 18.0 Å². The zero-order chi connectivity index (χ0) is 13.2. The van der Waals surface area contributed by atoms with Crippen LogP contribution in [0.3, 0.4) is 0 Å². The van der Waals surface area contributed by atoms with Crippen LogP contribution < -0.4 is 4.72 Å². The van der Waals surface area contributed by atoms with Crippen LogP contribution in [0.4, 0.5) is 0 Å². The summed E-state index contributed by atoms with van der Waals surface area (Å²) in [6.45, 7) is 1.47. The zero-order valence-electron chi connectivity index (χ0n) is 9.67. The van der Waals surface area contributed by atoms with Gasteiger partial charge in [0.25, 0.3) is 0 Å². The fraction of sp³-hybridized carbons (Fsp3) is 0.300. The topological polar surface area (TPSA) is 108 Å². The number of aryl methyl sites for hydroxylation is 1. The fourth-order valence-electron chi connectivity index (χ4n) is 1.39. The smallest absolute Gasteiger partial charge is 0.242 e. The molecule has 2 aromatic heterocycles. The molecule has 98 valence electrons. The third-order valence-corrected chi connectivity index (χ3v) is 3.66. The van der Waals surface area contributed by atoms with Crippen LogP contribution in [0.15, 0.2) is 27.8 Å². The van der Waals surface area contributed by atoms with Gasteiger partial charge in [-0.2, -0.15) is 0 Å². The van der Waals surface area contributed by atoms with Crippen molar-refractivity contribution in [3.63, 3.8) is 0 Å². The van der Waals surface area contributed by atoms with Crippen molar-refractivity contribution in [1.82, 2.24) is 14.7 Å². The summed E-state index contributed by atoms with van der Waals surface area (Å²) in [6, 6.07) is 1.36. The van der Waals surface area contributed by atoms with Crippen molar-refractivity contribution in [1.29, 1.82) is 0 Å². The second-order valence-corrected chi connectivity index (χ2v) is 5.47. The Kier molecular flexibility index (Phi) is 3.50. The van der Waals surface area contributed by atoms with Gasteiger partial charge < -0.3 is 14.5 Å². The van der Waals surface area contributed by atoms with Gasteiger partial charge in [0.15, 0.2) is 0 Å². The van der Waals surface area contributed by atoms with E-state index in [4.69, 9.17) is 9.52 Å². The van der Waals surface area contributed by atoms with Crippen molar-refractivity contribution in [2.45, 2.75) is 25.0 Å². The van der Waals surface area contributed by atoms with Crippen LogP contribution in [-0.2, 0) is 23.2 Å². The van der Waals surface area contributed by atoms with Gasteiger partial charge in [-0.1, -0.05) is 0 Å². The highest BCUT2D eigenvalue weighted by Crippen LogP contribution is 2.11. The normalized spacial score (nSPS) is 11.9. The summed E-state index contributed by atoms with van der Waals surface area (Å²) >= 11 is 0. The van der Waals surface area contributed by atoms with Crippen molar-refractivity contribution in [3.05, 3.63) is 35.8 Å². The van der Waals surface area contributed by atoms with E-state index >= 15 is 0 Å². The maximum absolute atomic E-state index is 11.9. The number of hydrogen-bond donors (Lipinski definition) is 3. The minimum Gasteiger partial charge on any atom is -0.445 e. The Balaban J connectivity index is 2.07.